The number of nitrogens with two attached hydrogens (primary N) is 1. The second kappa shape index (κ2) is 5.93. The Balaban J connectivity index is 1.89. The van der Waals surface area contributed by atoms with E-state index in [-0.39, 0.29) is 5.91 Å². The van der Waals surface area contributed by atoms with Crippen molar-refractivity contribution >= 4 is 22.4 Å². The van der Waals surface area contributed by atoms with Gasteiger partial charge in [0, 0.05) is 23.5 Å². The van der Waals surface area contributed by atoms with Gasteiger partial charge in [-0.3, -0.25) is 4.79 Å². The van der Waals surface area contributed by atoms with Gasteiger partial charge in [0.15, 0.2) is 5.13 Å². The number of amides is 1. The Hall–Kier alpha value is -2.14. The first-order valence-electron chi connectivity index (χ1n) is 7.30. The van der Waals surface area contributed by atoms with Crippen LogP contribution in [0.15, 0.2) is 30.4 Å². The Morgan fingerprint density at radius 3 is 2.68 bits per heavy atom. The summed E-state index contributed by atoms with van der Waals surface area (Å²) in [6.07, 6.45) is 4.39. The van der Waals surface area contributed by atoms with Gasteiger partial charge in [-0.25, -0.2) is 4.98 Å². The minimum atomic E-state index is 0.124. The number of hydrogen-bond donors (Lipinski definition) is 1. The van der Waals surface area contributed by atoms with Gasteiger partial charge in [0.2, 0.25) is 5.91 Å². The Morgan fingerprint density at radius 1 is 1.27 bits per heavy atom. The number of nitrogen functional groups attached to an aromatic ring is 1. The quantitative estimate of drug-likeness (QED) is 0.886. The van der Waals surface area contributed by atoms with Gasteiger partial charge in [-0.1, -0.05) is 24.3 Å². The maximum absolute atomic E-state index is 12.4. The summed E-state index contributed by atoms with van der Waals surface area (Å²) in [6.45, 7) is 5.56. The monoisotopic (exact) mass is 313 g/mol. The molecule has 0 bridgehead atoms. The van der Waals surface area contributed by atoms with E-state index in [0.29, 0.717) is 24.6 Å². The van der Waals surface area contributed by atoms with Crippen molar-refractivity contribution in [1.29, 1.82) is 0 Å². The topological polar surface area (TPSA) is 59.2 Å². The molecular formula is C17H19N3OS. The number of aryl methyl sites for hydroxylation is 2. The molecule has 22 heavy (non-hydrogen) atoms. The van der Waals surface area contributed by atoms with Crippen molar-refractivity contribution in [3.63, 3.8) is 0 Å². The second-order valence-electron chi connectivity index (χ2n) is 5.57. The predicted molar refractivity (Wildman–Crippen MR) is 90.9 cm³/mol. The van der Waals surface area contributed by atoms with Gasteiger partial charge in [0.1, 0.15) is 0 Å². The van der Waals surface area contributed by atoms with Crippen LogP contribution < -0.4 is 5.73 Å². The lowest BCUT2D eigenvalue weighted by Gasteiger charge is -2.15. The molecule has 4 nitrogen and oxygen atoms in total. The fraction of sp³-hybridized carbons (Fsp3) is 0.294. The van der Waals surface area contributed by atoms with E-state index in [1.54, 1.807) is 0 Å². The van der Waals surface area contributed by atoms with Crippen molar-refractivity contribution in [2.75, 3.05) is 18.8 Å². The predicted octanol–water partition coefficient (Wildman–Crippen LogP) is 2.95. The van der Waals surface area contributed by atoms with Crippen LogP contribution in [0, 0.1) is 13.8 Å². The molecule has 1 amide bonds. The van der Waals surface area contributed by atoms with Crippen molar-refractivity contribution in [2.24, 2.45) is 0 Å². The lowest BCUT2D eigenvalue weighted by molar-refractivity contribution is -0.129. The van der Waals surface area contributed by atoms with Crippen molar-refractivity contribution in [3.8, 4) is 11.3 Å². The van der Waals surface area contributed by atoms with Crippen LogP contribution in [-0.4, -0.2) is 28.9 Å². The van der Waals surface area contributed by atoms with E-state index in [1.165, 1.54) is 22.5 Å². The van der Waals surface area contributed by atoms with Gasteiger partial charge in [0.05, 0.1) is 12.1 Å². The first kappa shape index (κ1) is 14.8. The molecule has 1 aromatic carbocycles. The first-order valence-corrected chi connectivity index (χ1v) is 8.12. The number of hydrogen-bond acceptors (Lipinski definition) is 4. The summed E-state index contributed by atoms with van der Waals surface area (Å²) < 4.78 is 0. The van der Waals surface area contributed by atoms with Crippen LogP contribution in [0.25, 0.3) is 11.3 Å². The van der Waals surface area contributed by atoms with E-state index in [0.717, 1.165) is 16.1 Å². The number of carbonyl (C=O) groups excluding carboxylic acids is 1. The molecule has 3 rings (SSSR count). The zero-order chi connectivity index (χ0) is 15.7. The molecule has 0 atom stereocenters. The molecule has 1 aliphatic heterocycles. The van der Waals surface area contributed by atoms with E-state index in [1.807, 2.05) is 23.1 Å². The summed E-state index contributed by atoms with van der Waals surface area (Å²) in [5.74, 6) is 0.124. The average molecular weight is 313 g/mol. The van der Waals surface area contributed by atoms with Crippen LogP contribution in [0.5, 0.6) is 0 Å². The van der Waals surface area contributed by atoms with Crippen molar-refractivity contribution in [1.82, 2.24) is 9.88 Å². The molecule has 2 aromatic rings. The highest BCUT2D eigenvalue weighted by Gasteiger charge is 2.20. The largest absolute Gasteiger partial charge is 0.375 e. The third-order valence-corrected chi connectivity index (χ3v) is 4.86. The number of aromatic nitrogens is 1. The summed E-state index contributed by atoms with van der Waals surface area (Å²) >= 11 is 1.41. The fourth-order valence-electron chi connectivity index (χ4n) is 2.53. The summed E-state index contributed by atoms with van der Waals surface area (Å²) in [5, 5.41) is 0.510. The number of nitrogens with zero attached hydrogens (tertiary/aromatic N) is 2. The summed E-state index contributed by atoms with van der Waals surface area (Å²) in [5.41, 5.74) is 10.2. The molecule has 0 fully saturated rings. The molecule has 0 saturated carbocycles. The highest BCUT2D eigenvalue weighted by atomic mass is 32.1. The SMILES string of the molecule is Cc1ccc(-c2nc(N)sc2CC(=O)N2CC=CC2)cc1C. The first-order chi connectivity index (χ1) is 10.5. The molecule has 114 valence electrons. The Bertz CT molecular complexity index is 740. The highest BCUT2D eigenvalue weighted by Crippen LogP contribution is 2.31. The summed E-state index contributed by atoms with van der Waals surface area (Å²) in [6, 6.07) is 6.23. The van der Waals surface area contributed by atoms with Gasteiger partial charge >= 0.3 is 0 Å². The van der Waals surface area contributed by atoms with Gasteiger partial charge in [-0.15, -0.1) is 11.3 Å². The zero-order valence-corrected chi connectivity index (χ0v) is 13.6. The molecule has 2 N–H and O–H groups in total. The van der Waals surface area contributed by atoms with Crippen molar-refractivity contribution < 1.29 is 4.79 Å². The number of thiazole rings is 1. The third-order valence-electron chi connectivity index (χ3n) is 3.98. The van der Waals surface area contributed by atoms with Crippen LogP contribution in [0.1, 0.15) is 16.0 Å². The summed E-state index contributed by atoms with van der Waals surface area (Å²) in [7, 11) is 0. The molecule has 0 radical (unpaired) electrons. The van der Waals surface area contributed by atoms with Crippen LogP contribution in [-0.2, 0) is 11.2 Å². The maximum Gasteiger partial charge on any atom is 0.228 e. The molecule has 0 aliphatic carbocycles. The number of benzene rings is 1. The Labute approximate surface area is 134 Å². The second-order valence-corrected chi connectivity index (χ2v) is 6.69. The van der Waals surface area contributed by atoms with Crippen LogP contribution in [0.3, 0.4) is 0 Å². The minimum Gasteiger partial charge on any atom is -0.375 e. The van der Waals surface area contributed by atoms with E-state index in [4.69, 9.17) is 5.73 Å². The highest BCUT2D eigenvalue weighted by molar-refractivity contribution is 7.15. The van der Waals surface area contributed by atoms with Gasteiger partial charge < -0.3 is 10.6 Å². The van der Waals surface area contributed by atoms with Crippen LogP contribution in [0.4, 0.5) is 5.13 Å². The average Bonchev–Trinajstić information content (AvgIpc) is 3.12. The normalized spacial score (nSPS) is 13.8. The Kier molecular flexibility index (Phi) is 3.98. The van der Waals surface area contributed by atoms with Crippen LogP contribution >= 0.6 is 11.3 Å². The molecular weight excluding hydrogens is 294 g/mol. The molecule has 1 aromatic heterocycles. The minimum absolute atomic E-state index is 0.124. The third kappa shape index (κ3) is 2.90. The lowest BCUT2D eigenvalue weighted by atomic mass is 10.0. The van der Waals surface area contributed by atoms with Gasteiger partial charge in [-0.05, 0) is 31.0 Å². The molecule has 5 heteroatoms. The molecule has 0 saturated heterocycles. The van der Waals surface area contributed by atoms with E-state index in [2.05, 4.69) is 31.0 Å². The number of anilines is 1. The zero-order valence-electron chi connectivity index (χ0n) is 12.8. The van der Waals surface area contributed by atoms with Gasteiger partial charge in [-0.2, -0.15) is 0 Å². The van der Waals surface area contributed by atoms with Crippen molar-refractivity contribution in [3.05, 3.63) is 46.4 Å². The maximum atomic E-state index is 12.4. The van der Waals surface area contributed by atoms with Crippen molar-refractivity contribution in [2.45, 2.75) is 20.3 Å². The number of rotatable bonds is 3. The standard InChI is InChI=1S/C17H19N3OS/c1-11-5-6-13(9-12(11)2)16-14(22-17(18)19-16)10-15(21)20-7-3-4-8-20/h3-6,9H,7-8,10H2,1-2H3,(H2,18,19). The molecule has 0 spiro atoms. The fourth-order valence-corrected chi connectivity index (χ4v) is 3.38. The summed E-state index contributed by atoms with van der Waals surface area (Å²) in [4.78, 5) is 19.6. The molecule has 0 unspecified atom stereocenters. The molecule has 2 heterocycles. The smallest absolute Gasteiger partial charge is 0.228 e. The van der Waals surface area contributed by atoms with Crippen LogP contribution in [0.2, 0.25) is 0 Å². The molecule has 1 aliphatic rings. The van der Waals surface area contributed by atoms with E-state index < -0.39 is 0 Å². The van der Waals surface area contributed by atoms with E-state index in [9.17, 15) is 4.79 Å². The van der Waals surface area contributed by atoms with Gasteiger partial charge in [0.25, 0.3) is 0 Å². The number of carbonyl (C=O) groups is 1. The Morgan fingerprint density at radius 2 is 2.00 bits per heavy atom. The van der Waals surface area contributed by atoms with E-state index >= 15 is 0 Å². The lowest BCUT2D eigenvalue weighted by Crippen LogP contribution is -2.29.